The molecular weight excluding hydrogens is 174 g/mol. The van der Waals surface area contributed by atoms with Gasteiger partial charge in [-0.3, -0.25) is 0 Å². The van der Waals surface area contributed by atoms with Crippen LogP contribution in [-0.2, 0) is 0 Å². The molecule has 3 heteroatoms. The second-order valence-corrected chi connectivity index (χ2v) is 4.49. The van der Waals surface area contributed by atoms with Crippen LogP contribution in [0.2, 0.25) is 0 Å². The summed E-state index contributed by atoms with van der Waals surface area (Å²) < 4.78 is 0. The predicted molar refractivity (Wildman–Crippen MR) is 58.2 cm³/mol. The van der Waals surface area contributed by atoms with Crippen LogP contribution >= 0.6 is 0 Å². The van der Waals surface area contributed by atoms with E-state index in [1.54, 1.807) is 0 Å². The minimum Gasteiger partial charge on any atom is -0.311 e. The van der Waals surface area contributed by atoms with Crippen molar-refractivity contribution in [3.63, 3.8) is 0 Å². The first kappa shape index (κ1) is 9.99. The van der Waals surface area contributed by atoms with E-state index in [4.69, 9.17) is 5.73 Å². The van der Waals surface area contributed by atoms with Crippen molar-refractivity contribution in [3.05, 3.63) is 11.8 Å². The average molecular weight is 195 g/mol. The van der Waals surface area contributed by atoms with Crippen LogP contribution in [0.25, 0.3) is 0 Å². The third-order valence-corrected chi connectivity index (χ3v) is 3.52. The summed E-state index contributed by atoms with van der Waals surface area (Å²) in [5, 5.41) is 4.56. The lowest BCUT2D eigenvalue weighted by atomic mass is 9.95. The highest BCUT2D eigenvalue weighted by atomic mass is 15.7. The fourth-order valence-corrected chi connectivity index (χ4v) is 2.65. The van der Waals surface area contributed by atoms with Gasteiger partial charge in [0.2, 0.25) is 0 Å². The molecule has 0 aromatic carbocycles. The Kier molecular flexibility index (Phi) is 2.79. The van der Waals surface area contributed by atoms with Crippen LogP contribution in [0, 0.1) is 0 Å². The zero-order valence-corrected chi connectivity index (χ0v) is 9.24. The van der Waals surface area contributed by atoms with Crippen LogP contribution in [-0.4, -0.2) is 29.3 Å². The van der Waals surface area contributed by atoms with E-state index in [2.05, 4.69) is 30.1 Å². The summed E-state index contributed by atoms with van der Waals surface area (Å²) in [6, 6.07) is 0.664. The monoisotopic (exact) mass is 195 g/mol. The lowest BCUT2D eigenvalue weighted by molar-refractivity contribution is -0.0268. The van der Waals surface area contributed by atoms with E-state index in [-0.39, 0.29) is 6.17 Å². The molecule has 3 nitrogen and oxygen atoms in total. The first-order valence-electron chi connectivity index (χ1n) is 5.66. The number of allylic oxidation sites excluding steroid dienone is 1. The second-order valence-electron chi connectivity index (χ2n) is 4.49. The summed E-state index contributed by atoms with van der Waals surface area (Å²) >= 11 is 0. The summed E-state index contributed by atoms with van der Waals surface area (Å²) in [5.74, 6) is 0. The zero-order valence-electron chi connectivity index (χ0n) is 9.24. The van der Waals surface area contributed by atoms with Crippen molar-refractivity contribution in [2.75, 3.05) is 7.05 Å². The molecule has 1 atom stereocenters. The molecule has 1 unspecified atom stereocenters. The fraction of sp³-hybridized carbons (Fsp3) is 0.818. The Morgan fingerprint density at radius 2 is 1.93 bits per heavy atom. The maximum atomic E-state index is 6.10. The fourth-order valence-electron chi connectivity index (χ4n) is 2.65. The van der Waals surface area contributed by atoms with Crippen LogP contribution in [0.4, 0.5) is 0 Å². The van der Waals surface area contributed by atoms with Crippen LogP contribution in [0.15, 0.2) is 11.8 Å². The SMILES string of the molecule is CC1=CC(N)N(C2CCCCC2)N1C. The molecule has 0 aromatic rings. The molecular formula is C11H21N3. The van der Waals surface area contributed by atoms with E-state index < -0.39 is 0 Å². The predicted octanol–water partition coefficient (Wildman–Crippen LogP) is 1.67. The molecule has 0 saturated heterocycles. The van der Waals surface area contributed by atoms with Crippen LogP contribution in [0.5, 0.6) is 0 Å². The molecule has 14 heavy (non-hydrogen) atoms. The topological polar surface area (TPSA) is 32.5 Å². The molecule has 0 bridgehead atoms. The Balaban J connectivity index is 2.03. The van der Waals surface area contributed by atoms with Crippen molar-refractivity contribution in [3.8, 4) is 0 Å². The lowest BCUT2D eigenvalue weighted by Crippen LogP contribution is -2.51. The molecule has 0 spiro atoms. The smallest absolute Gasteiger partial charge is 0.0967 e. The third-order valence-electron chi connectivity index (χ3n) is 3.52. The standard InChI is InChI=1S/C11H21N3/c1-9-8-11(12)14(13(9)2)10-6-4-3-5-7-10/h8,10-11H,3-7,12H2,1-2H3. The molecule has 0 amide bonds. The van der Waals surface area contributed by atoms with E-state index >= 15 is 0 Å². The molecule has 0 radical (unpaired) electrons. The summed E-state index contributed by atoms with van der Waals surface area (Å²) in [4.78, 5) is 0. The van der Waals surface area contributed by atoms with Gasteiger partial charge in [0.25, 0.3) is 0 Å². The van der Waals surface area contributed by atoms with Gasteiger partial charge in [-0.05, 0) is 25.8 Å². The number of hydrazine groups is 1. The third kappa shape index (κ3) is 1.66. The van der Waals surface area contributed by atoms with Crippen molar-refractivity contribution in [2.45, 2.75) is 51.2 Å². The molecule has 1 heterocycles. The first-order chi connectivity index (χ1) is 6.70. The van der Waals surface area contributed by atoms with Gasteiger partial charge >= 0.3 is 0 Å². The molecule has 2 aliphatic rings. The zero-order chi connectivity index (χ0) is 10.1. The first-order valence-corrected chi connectivity index (χ1v) is 5.66. The molecule has 1 aliphatic carbocycles. The summed E-state index contributed by atoms with van der Waals surface area (Å²) in [5.41, 5.74) is 7.38. The average Bonchev–Trinajstić information content (AvgIpc) is 2.43. The highest BCUT2D eigenvalue weighted by Gasteiger charge is 2.31. The molecule has 1 fully saturated rings. The molecule has 2 N–H and O–H groups in total. The Labute approximate surface area is 86.5 Å². The van der Waals surface area contributed by atoms with Gasteiger partial charge < -0.3 is 10.7 Å². The van der Waals surface area contributed by atoms with E-state index in [1.165, 1.54) is 37.8 Å². The number of hydrogen-bond acceptors (Lipinski definition) is 3. The van der Waals surface area contributed by atoms with Crippen molar-refractivity contribution >= 4 is 0 Å². The molecule has 1 saturated carbocycles. The van der Waals surface area contributed by atoms with Gasteiger partial charge in [-0.1, -0.05) is 19.3 Å². The second kappa shape index (κ2) is 3.91. The summed E-state index contributed by atoms with van der Waals surface area (Å²) in [7, 11) is 2.12. The minimum absolute atomic E-state index is 0.100. The molecule has 0 aromatic heterocycles. The van der Waals surface area contributed by atoms with E-state index in [9.17, 15) is 0 Å². The highest BCUT2D eigenvalue weighted by molar-refractivity contribution is 5.08. The van der Waals surface area contributed by atoms with Gasteiger partial charge in [0.1, 0.15) is 0 Å². The maximum Gasteiger partial charge on any atom is 0.0967 e. The Hall–Kier alpha value is -0.540. The molecule has 2 rings (SSSR count). The maximum absolute atomic E-state index is 6.10. The van der Waals surface area contributed by atoms with Crippen molar-refractivity contribution in [1.82, 2.24) is 10.0 Å². The normalized spacial score (nSPS) is 30.9. The van der Waals surface area contributed by atoms with Crippen LogP contribution < -0.4 is 5.73 Å². The molecule has 1 aliphatic heterocycles. The van der Waals surface area contributed by atoms with Gasteiger partial charge in [0, 0.05) is 18.8 Å². The van der Waals surface area contributed by atoms with E-state index in [0.29, 0.717) is 6.04 Å². The van der Waals surface area contributed by atoms with Gasteiger partial charge in [0.15, 0.2) is 0 Å². The van der Waals surface area contributed by atoms with Gasteiger partial charge in [0.05, 0.1) is 6.17 Å². The van der Waals surface area contributed by atoms with Crippen molar-refractivity contribution in [2.24, 2.45) is 5.73 Å². The van der Waals surface area contributed by atoms with Gasteiger partial charge in [-0.25, -0.2) is 0 Å². The quantitative estimate of drug-likeness (QED) is 0.691. The largest absolute Gasteiger partial charge is 0.311 e. The number of hydrogen-bond donors (Lipinski definition) is 1. The summed E-state index contributed by atoms with van der Waals surface area (Å²) in [6.45, 7) is 2.13. The highest BCUT2D eigenvalue weighted by Crippen LogP contribution is 2.28. The number of rotatable bonds is 1. The Bertz CT molecular complexity index is 231. The molecule has 80 valence electrons. The number of nitrogens with zero attached hydrogens (tertiary/aromatic N) is 2. The lowest BCUT2D eigenvalue weighted by Gasteiger charge is -2.39. The van der Waals surface area contributed by atoms with Gasteiger partial charge in [-0.15, -0.1) is 0 Å². The van der Waals surface area contributed by atoms with Gasteiger partial charge in [-0.2, -0.15) is 5.01 Å². The van der Waals surface area contributed by atoms with E-state index in [0.717, 1.165) is 0 Å². The van der Waals surface area contributed by atoms with Crippen molar-refractivity contribution in [1.29, 1.82) is 0 Å². The Morgan fingerprint density at radius 3 is 2.43 bits per heavy atom. The van der Waals surface area contributed by atoms with E-state index in [1.807, 2.05) is 0 Å². The van der Waals surface area contributed by atoms with Crippen LogP contribution in [0.3, 0.4) is 0 Å². The number of nitrogens with two attached hydrogens (primary N) is 1. The van der Waals surface area contributed by atoms with Crippen LogP contribution in [0.1, 0.15) is 39.0 Å². The summed E-state index contributed by atoms with van der Waals surface area (Å²) in [6.07, 6.45) is 8.98. The van der Waals surface area contributed by atoms with Crippen molar-refractivity contribution < 1.29 is 0 Å². The minimum atomic E-state index is 0.100. The Morgan fingerprint density at radius 1 is 1.29 bits per heavy atom.